The lowest BCUT2D eigenvalue weighted by atomic mass is 9.78. The Morgan fingerprint density at radius 3 is 2.80 bits per heavy atom. The number of ether oxygens (including phenoxy) is 1. The van der Waals surface area contributed by atoms with E-state index in [0.29, 0.717) is 6.61 Å². The van der Waals surface area contributed by atoms with E-state index in [-0.39, 0.29) is 11.5 Å². The quantitative estimate of drug-likeness (QED) is 0.717. The lowest BCUT2D eigenvalue weighted by Crippen LogP contribution is -2.44. The van der Waals surface area contributed by atoms with Crippen LogP contribution in [-0.2, 0) is 4.74 Å². The standard InChI is InChI=1S/C12H22FNO/c1-10(2)15-9-12(3)8-14(4)6-5-11(12)7-13/h7,10H,5-6,8-9H2,1-4H3/b11-7+. The predicted octanol–water partition coefficient (Wildman–Crippen LogP) is 2.61. The zero-order valence-corrected chi connectivity index (χ0v) is 10.2. The second-order valence-electron chi connectivity index (χ2n) is 5.04. The van der Waals surface area contributed by atoms with Crippen LogP contribution < -0.4 is 0 Å². The number of hydrogen-bond acceptors (Lipinski definition) is 2. The molecule has 1 saturated heterocycles. The Kier molecular flexibility index (Phi) is 4.29. The highest BCUT2D eigenvalue weighted by atomic mass is 19.1. The summed E-state index contributed by atoms with van der Waals surface area (Å²) in [4.78, 5) is 2.23. The van der Waals surface area contributed by atoms with Crippen molar-refractivity contribution >= 4 is 0 Å². The highest BCUT2D eigenvalue weighted by Gasteiger charge is 2.34. The first-order valence-corrected chi connectivity index (χ1v) is 5.58. The van der Waals surface area contributed by atoms with Crippen LogP contribution in [0.15, 0.2) is 11.9 Å². The van der Waals surface area contributed by atoms with Crippen molar-refractivity contribution in [1.29, 1.82) is 0 Å². The van der Waals surface area contributed by atoms with Crippen LogP contribution in [0.2, 0.25) is 0 Å². The number of rotatable bonds is 3. The SMILES string of the molecule is CC(C)OCC1(C)CN(C)CC/C1=C\F. The molecular weight excluding hydrogens is 193 g/mol. The van der Waals surface area contributed by atoms with Gasteiger partial charge in [0.15, 0.2) is 0 Å². The lowest BCUT2D eigenvalue weighted by Gasteiger charge is -2.40. The minimum Gasteiger partial charge on any atom is -0.378 e. The van der Waals surface area contributed by atoms with Gasteiger partial charge in [0.2, 0.25) is 0 Å². The van der Waals surface area contributed by atoms with E-state index < -0.39 is 0 Å². The van der Waals surface area contributed by atoms with Gasteiger partial charge in [0.1, 0.15) is 0 Å². The van der Waals surface area contributed by atoms with Crippen molar-refractivity contribution in [3.8, 4) is 0 Å². The second-order valence-corrected chi connectivity index (χ2v) is 5.04. The van der Waals surface area contributed by atoms with Crippen molar-refractivity contribution in [1.82, 2.24) is 4.90 Å². The minimum atomic E-state index is -0.161. The van der Waals surface area contributed by atoms with Crippen LogP contribution in [0.25, 0.3) is 0 Å². The van der Waals surface area contributed by atoms with Gasteiger partial charge in [-0.05, 0) is 32.9 Å². The second kappa shape index (κ2) is 5.08. The number of nitrogens with zero attached hydrogens (tertiary/aromatic N) is 1. The van der Waals surface area contributed by atoms with Gasteiger partial charge < -0.3 is 9.64 Å². The Balaban J connectivity index is 2.67. The molecule has 0 aliphatic carbocycles. The topological polar surface area (TPSA) is 12.5 Å². The summed E-state index contributed by atoms with van der Waals surface area (Å²) in [5.74, 6) is 0. The molecule has 3 heteroatoms. The first-order valence-electron chi connectivity index (χ1n) is 5.58. The molecule has 1 aliphatic rings. The number of piperidine rings is 1. The third kappa shape index (κ3) is 3.28. The fourth-order valence-electron chi connectivity index (χ4n) is 2.06. The maximum Gasteiger partial charge on any atom is 0.0866 e. The highest BCUT2D eigenvalue weighted by molar-refractivity contribution is 5.15. The van der Waals surface area contributed by atoms with Crippen LogP contribution in [0.4, 0.5) is 4.39 Å². The molecule has 15 heavy (non-hydrogen) atoms. The van der Waals surface area contributed by atoms with E-state index in [1.165, 1.54) is 0 Å². The molecule has 0 radical (unpaired) electrons. The molecule has 88 valence electrons. The maximum absolute atomic E-state index is 12.8. The fraction of sp³-hybridized carbons (Fsp3) is 0.833. The predicted molar refractivity (Wildman–Crippen MR) is 60.5 cm³/mol. The average molecular weight is 215 g/mol. The van der Waals surface area contributed by atoms with E-state index in [2.05, 4.69) is 18.9 Å². The summed E-state index contributed by atoms with van der Waals surface area (Å²) in [6, 6.07) is 0. The average Bonchev–Trinajstić information content (AvgIpc) is 2.15. The van der Waals surface area contributed by atoms with E-state index >= 15 is 0 Å². The molecule has 0 N–H and O–H groups in total. The van der Waals surface area contributed by atoms with E-state index in [4.69, 9.17) is 4.74 Å². The Morgan fingerprint density at radius 1 is 1.60 bits per heavy atom. The fourth-order valence-corrected chi connectivity index (χ4v) is 2.06. The van der Waals surface area contributed by atoms with Crippen molar-refractivity contribution in [2.24, 2.45) is 5.41 Å². The van der Waals surface area contributed by atoms with E-state index in [1.807, 2.05) is 13.8 Å². The van der Waals surface area contributed by atoms with Gasteiger partial charge in [0.25, 0.3) is 0 Å². The van der Waals surface area contributed by atoms with E-state index in [1.54, 1.807) is 0 Å². The number of likely N-dealkylation sites (tertiary alicyclic amines) is 1. The first-order chi connectivity index (χ1) is 6.98. The smallest absolute Gasteiger partial charge is 0.0866 e. The summed E-state index contributed by atoms with van der Waals surface area (Å²) in [5, 5.41) is 0. The van der Waals surface area contributed by atoms with Crippen LogP contribution in [-0.4, -0.2) is 37.7 Å². The van der Waals surface area contributed by atoms with Crippen molar-refractivity contribution in [2.45, 2.75) is 33.3 Å². The summed E-state index contributed by atoms with van der Waals surface area (Å²) in [6.07, 6.45) is 1.79. The zero-order valence-electron chi connectivity index (χ0n) is 10.2. The van der Waals surface area contributed by atoms with Gasteiger partial charge in [-0.2, -0.15) is 0 Å². The van der Waals surface area contributed by atoms with Gasteiger partial charge in [0.05, 0.1) is 19.0 Å². The molecule has 1 heterocycles. The third-order valence-corrected chi connectivity index (χ3v) is 3.02. The van der Waals surface area contributed by atoms with Crippen LogP contribution in [0.1, 0.15) is 27.2 Å². The molecule has 0 aromatic rings. The molecule has 1 fully saturated rings. The van der Waals surface area contributed by atoms with Crippen molar-refractivity contribution in [3.63, 3.8) is 0 Å². The normalized spacial score (nSPS) is 31.5. The lowest BCUT2D eigenvalue weighted by molar-refractivity contribution is 0.00691. The van der Waals surface area contributed by atoms with Gasteiger partial charge >= 0.3 is 0 Å². The van der Waals surface area contributed by atoms with Crippen LogP contribution >= 0.6 is 0 Å². The molecule has 0 aromatic carbocycles. The number of halogens is 1. The van der Waals surface area contributed by atoms with Crippen molar-refractivity contribution < 1.29 is 9.13 Å². The maximum atomic E-state index is 12.8. The highest BCUT2D eigenvalue weighted by Crippen LogP contribution is 2.35. The molecule has 0 amide bonds. The molecule has 0 aromatic heterocycles. The zero-order chi connectivity index (χ0) is 11.5. The van der Waals surface area contributed by atoms with Gasteiger partial charge in [0, 0.05) is 18.5 Å². The summed E-state index contributed by atoms with van der Waals surface area (Å²) >= 11 is 0. The molecule has 0 saturated carbocycles. The van der Waals surface area contributed by atoms with Gasteiger partial charge in [-0.3, -0.25) is 0 Å². The minimum absolute atomic E-state index is 0.161. The Hall–Kier alpha value is -0.410. The monoisotopic (exact) mass is 215 g/mol. The van der Waals surface area contributed by atoms with Gasteiger partial charge in [-0.25, -0.2) is 4.39 Å². The Morgan fingerprint density at radius 2 is 2.27 bits per heavy atom. The van der Waals surface area contributed by atoms with Crippen LogP contribution in [0.3, 0.4) is 0 Å². The van der Waals surface area contributed by atoms with Gasteiger partial charge in [-0.15, -0.1) is 0 Å². The van der Waals surface area contributed by atoms with Crippen LogP contribution in [0.5, 0.6) is 0 Å². The molecule has 1 aliphatic heterocycles. The Labute approximate surface area is 92.1 Å². The largest absolute Gasteiger partial charge is 0.378 e. The molecular formula is C12H22FNO. The van der Waals surface area contributed by atoms with E-state index in [9.17, 15) is 4.39 Å². The number of hydrogen-bond donors (Lipinski definition) is 0. The summed E-state index contributed by atoms with van der Waals surface area (Å²) in [5.41, 5.74) is 0.729. The summed E-state index contributed by atoms with van der Waals surface area (Å²) < 4.78 is 18.4. The molecule has 1 rings (SSSR count). The van der Waals surface area contributed by atoms with Crippen LogP contribution in [0, 0.1) is 5.41 Å². The Bertz CT molecular complexity index is 240. The third-order valence-electron chi connectivity index (χ3n) is 3.02. The molecule has 0 bridgehead atoms. The molecule has 1 unspecified atom stereocenters. The van der Waals surface area contributed by atoms with Crippen molar-refractivity contribution in [3.05, 3.63) is 11.9 Å². The molecule has 0 spiro atoms. The summed E-state index contributed by atoms with van der Waals surface area (Å²) in [7, 11) is 2.07. The summed E-state index contributed by atoms with van der Waals surface area (Å²) in [6.45, 7) is 8.51. The van der Waals surface area contributed by atoms with Crippen molar-refractivity contribution in [2.75, 3.05) is 26.7 Å². The first kappa shape index (κ1) is 12.7. The van der Waals surface area contributed by atoms with Gasteiger partial charge in [-0.1, -0.05) is 6.92 Å². The molecule has 1 atom stereocenters. The molecule has 2 nitrogen and oxygen atoms in total. The van der Waals surface area contributed by atoms with E-state index in [0.717, 1.165) is 31.4 Å².